The van der Waals surface area contributed by atoms with Crippen molar-refractivity contribution in [3.8, 4) is 0 Å². The first-order valence-electron chi connectivity index (χ1n) is 8.74. The van der Waals surface area contributed by atoms with Crippen LogP contribution in [0.4, 0.5) is 33.2 Å². The largest absolute Gasteiger partial charge is 0.372 e. The Morgan fingerprint density at radius 1 is 0.885 bits per heavy atom. The first-order valence-corrected chi connectivity index (χ1v) is 8.74. The zero-order valence-electron chi connectivity index (χ0n) is 14.3. The fourth-order valence-corrected chi connectivity index (χ4v) is 3.06. The number of aromatic nitrogens is 2. The average molecular weight is 349 g/mol. The molecule has 0 spiro atoms. The van der Waals surface area contributed by atoms with Gasteiger partial charge in [-0.2, -0.15) is 4.98 Å². The van der Waals surface area contributed by atoms with Gasteiger partial charge < -0.3 is 15.5 Å². The molecule has 2 N–H and O–H groups in total. The Morgan fingerprint density at radius 2 is 1.69 bits per heavy atom. The van der Waals surface area contributed by atoms with Gasteiger partial charge in [0.15, 0.2) is 0 Å². The number of hydrogen-bond donors (Lipinski definition) is 2. The van der Waals surface area contributed by atoms with Gasteiger partial charge in [0.1, 0.15) is 11.6 Å². The summed E-state index contributed by atoms with van der Waals surface area (Å²) in [6.45, 7) is 2.27. The molecule has 3 aromatic rings. The Morgan fingerprint density at radius 3 is 2.46 bits per heavy atom. The van der Waals surface area contributed by atoms with Crippen molar-refractivity contribution in [3.63, 3.8) is 0 Å². The van der Waals surface area contributed by atoms with Crippen LogP contribution >= 0.6 is 0 Å². The third-order valence-corrected chi connectivity index (χ3v) is 4.35. The molecule has 1 saturated heterocycles. The summed E-state index contributed by atoms with van der Waals surface area (Å²) in [4.78, 5) is 11.0. The SMILES string of the molecule is Fc1cccc(Nc2nccc(Nc3ccc(N4CCCC4)cc3)n2)c1. The normalized spacial score (nSPS) is 13.7. The van der Waals surface area contributed by atoms with Crippen LogP contribution in [0.25, 0.3) is 0 Å². The molecule has 4 rings (SSSR count). The van der Waals surface area contributed by atoms with Crippen LogP contribution in [0.2, 0.25) is 0 Å². The lowest BCUT2D eigenvalue weighted by Gasteiger charge is -2.18. The lowest BCUT2D eigenvalue weighted by molar-refractivity contribution is 0.628. The molecule has 0 saturated carbocycles. The molecule has 1 aromatic heterocycles. The Hall–Kier alpha value is -3.15. The molecule has 0 aliphatic carbocycles. The van der Waals surface area contributed by atoms with Gasteiger partial charge >= 0.3 is 0 Å². The minimum absolute atomic E-state index is 0.303. The number of benzene rings is 2. The molecule has 1 aliphatic rings. The summed E-state index contributed by atoms with van der Waals surface area (Å²) in [6.07, 6.45) is 4.19. The van der Waals surface area contributed by atoms with Crippen molar-refractivity contribution < 1.29 is 4.39 Å². The highest BCUT2D eigenvalue weighted by atomic mass is 19.1. The Labute approximate surface area is 151 Å². The van der Waals surface area contributed by atoms with Gasteiger partial charge in [-0.3, -0.25) is 0 Å². The number of halogens is 1. The summed E-state index contributed by atoms with van der Waals surface area (Å²) in [5.74, 6) is 0.782. The predicted octanol–water partition coefficient (Wildman–Crippen LogP) is 4.70. The van der Waals surface area contributed by atoms with Crippen molar-refractivity contribution in [1.29, 1.82) is 0 Å². The minimum atomic E-state index is -0.303. The van der Waals surface area contributed by atoms with Crippen LogP contribution in [0, 0.1) is 5.82 Å². The van der Waals surface area contributed by atoms with Crippen molar-refractivity contribution in [2.45, 2.75) is 12.8 Å². The molecular formula is C20H20FN5. The van der Waals surface area contributed by atoms with Crippen LogP contribution < -0.4 is 15.5 Å². The zero-order chi connectivity index (χ0) is 17.8. The van der Waals surface area contributed by atoms with Crippen molar-refractivity contribution >= 4 is 28.8 Å². The van der Waals surface area contributed by atoms with Crippen molar-refractivity contribution in [2.24, 2.45) is 0 Å². The Bertz CT molecular complexity index is 875. The Kier molecular flexibility index (Phi) is 4.64. The fraction of sp³-hybridized carbons (Fsp3) is 0.200. The molecule has 5 nitrogen and oxygen atoms in total. The molecule has 0 unspecified atom stereocenters. The molecule has 132 valence electrons. The summed E-state index contributed by atoms with van der Waals surface area (Å²) in [7, 11) is 0. The molecule has 0 bridgehead atoms. The maximum absolute atomic E-state index is 13.3. The second-order valence-electron chi connectivity index (χ2n) is 6.27. The summed E-state index contributed by atoms with van der Waals surface area (Å²) in [5, 5.41) is 6.28. The van der Waals surface area contributed by atoms with Gasteiger partial charge in [-0.25, -0.2) is 9.37 Å². The maximum atomic E-state index is 13.3. The molecule has 2 aromatic carbocycles. The van der Waals surface area contributed by atoms with E-state index in [9.17, 15) is 4.39 Å². The molecule has 26 heavy (non-hydrogen) atoms. The van der Waals surface area contributed by atoms with E-state index in [-0.39, 0.29) is 5.82 Å². The van der Waals surface area contributed by atoms with E-state index in [0.717, 1.165) is 18.8 Å². The summed E-state index contributed by atoms with van der Waals surface area (Å²) < 4.78 is 13.3. The van der Waals surface area contributed by atoms with E-state index in [0.29, 0.717) is 17.5 Å². The smallest absolute Gasteiger partial charge is 0.229 e. The Balaban J connectivity index is 1.45. The monoisotopic (exact) mass is 349 g/mol. The minimum Gasteiger partial charge on any atom is -0.372 e. The van der Waals surface area contributed by atoms with Crippen molar-refractivity contribution in [2.75, 3.05) is 28.6 Å². The molecule has 0 atom stereocenters. The van der Waals surface area contributed by atoms with E-state index in [1.54, 1.807) is 24.4 Å². The number of rotatable bonds is 5. The fourth-order valence-electron chi connectivity index (χ4n) is 3.06. The highest BCUT2D eigenvalue weighted by molar-refractivity contribution is 5.62. The first-order chi connectivity index (χ1) is 12.8. The van der Waals surface area contributed by atoms with E-state index >= 15 is 0 Å². The van der Waals surface area contributed by atoms with Gasteiger partial charge in [-0.05, 0) is 61.4 Å². The van der Waals surface area contributed by atoms with Crippen LogP contribution in [-0.4, -0.2) is 23.1 Å². The maximum Gasteiger partial charge on any atom is 0.229 e. The molecule has 6 heteroatoms. The second-order valence-corrected chi connectivity index (χ2v) is 6.27. The molecule has 2 heterocycles. The predicted molar refractivity (Wildman–Crippen MR) is 103 cm³/mol. The van der Waals surface area contributed by atoms with Crippen molar-refractivity contribution in [3.05, 3.63) is 66.6 Å². The molecule has 0 amide bonds. The molecule has 1 aliphatic heterocycles. The molecule has 0 radical (unpaired) electrons. The van der Waals surface area contributed by atoms with Crippen molar-refractivity contribution in [1.82, 2.24) is 9.97 Å². The van der Waals surface area contributed by atoms with E-state index < -0.39 is 0 Å². The van der Waals surface area contributed by atoms with Crippen LogP contribution in [0.1, 0.15) is 12.8 Å². The van der Waals surface area contributed by atoms with Crippen LogP contribution in [-0.2, 0) is 0 Å². The lowest BCUT2D eigenvalue weighted by atomic mass is 10.2. The molecule has 1 fully saturated rings. The van der Waals surface area contributed by atoms with Gasteiger partial charge in [-0.1, -0.05) is 6.07 Å². The van der Waals surface area contributed by atoms with Crippen LogP contribution in [0.5, 0.6) is 0 Å². The lowest BCUT2D eigenvalue weighted by Crippen LogP contribution is -2.17. The third-order valence-electron chi connectivity index (χ3n) is 4.35. The number of nitrogens with one attached hydrogen (secondary N) is 2. The number of hydrogen-bond acceptors (Lipinski definition) is 5. The highest BCUT2D eigenvalue weighted by Gasteiger charge is 2.11. The topological polar surface area (TPSA) is 53.1 Å². The number of anilines is 5. The van der Waals surface area contributed by atoms with E-state index in [1.165, 1.54) is 30.7 Å². The quantitative estimate of drug-likeness (QED) is 0.699. The standard InChI is InChI=1S/C20H20FN5/c21-15-4-3-5-17(14-15)24-20-22-11-10-19(25-20)23-16-6-8-18(9-7-16)26-12-1-2-13-26/h3-11,14H,1-2,12-13H2,(H2,22,23,24,25). The van der Waals surface area contributed by atoms with Crippen LogP contribution in [0.3, 0.4) is 0 Å². The zero-order valence-corrected chi connectivity index (χ0v) is 14.3. The summed E-state index contributed by atoms with van der Waals surface area (Å²) >= 11 is 0. The second kappa shape index (κ2) is 7.39. The average Bonchev–Trinajstić information content (AvgIpc) is 3.17. The summed E-state index contributed by atoms with van der Waals surface area (Å²) in [5.41, 5.74) is 2.82. The molecular weight excluding hydrogens is 329 g/mol. The van der Waals surface area contributed by atoms with E-state index in [4.69, 9.17) is 0 Å². The third kappa shape index (κ3) is 3.91. The van der Waals surface area contributed by atoms with Gasteiger partial charge in [-0.15, -0.1) is 0 Å². The van der Waals surface area contributed by atoms with Gasteiger partial charge in [0, 0.05) is 36.3 Å². The van der Waals surface area contributed by atoms with Crippen LogP contribution in [0.15, 0.2) is 60.8 Å². The highest BCUT2D eigenvalue weighted by Crippen LogP contribution is 2.24. The number of nitrogens with zero attached hydrogens (tertiary/aromatic N) is 3. The van der Waals surface area contributed by atoms with Gasteiger partial charge in [0.25, 0.3) is 0 Å². The first kappa shape index (κ1) is 16.3. The van der Waals surface area contributed by atoms with E-state index in [2.05, 4.69) is 49.8 Å². The van der Waals surface area contributed by atoms with Gasteiger partial charge in [0.05, 0.1) is 0 Å². The summed E-state index contributed by atoms with van der Waals surface area (Å²) in [6, 6.07) is 16.4. The van der Waals surface area contributed by atoms with E-state index in [1.807, 2.05) is 0 Å². The van der Waals surface area contributed by atoms with Gasteiger partial charge in [0.2, 0.25) is 5.95 Å².